The molecule has 138 valence electrons. The predicted octanol–water partition coefficient (Wildman–Crippen LogP) is 0.573. The number of nitrogens with zero attached hydrogens (tertiary/aromatic N) is 2. The molecule has 1 aliphatic rings. The third-order valence-electron chi connectivity index (χ3n) is 3.13. The summed E-state index contributed by atoms with van der Waals surface area (Å²) in [6.07, 6.45) is 0. The van der Waals surface area contributed by atoms with E-state index in [4.69, 9.17) is 4.74 Å². The summed E-state index contributed by atoms with van der Waals surface area (Å²) < 4.78 is 31.1. The maximum Gasteiger partial charge on any atom is 0.215 e. The van der Waals surface area contributed by atoms with E-state index in [1.54, 1.807) is 23.2 Å². The number of rotatable bonds is 8. The van der Waals surface area contributed by atoms with Gasteiger partial charge in [0, 0.05) is 44.3 Å². The molecule has 10 heteroatoms. The third-order valence-corrected chi connectivity index (χ3v) is 5.92. The first-order valence-corrected chi connectivity index (χ1v) is 10.3. The number of ether oxygens (including phenoxy) is 1. The van der Waals surface area contributed by atoms with Gasteiger partial charge in [0.2, 0.25) is 10.0 Å². The minimum atomic E-state index is -3.20. The normalized spacial score (nSPS) is 18.1. The Labute approximate surface area is 161 Å². The molecule has 7 nitrogen and oxygen atoms in total. The van der Waals surface area contributed by atoms with Crippen molar-refractivity contribution >= 4 is 51.7 Å². The van der Waals surface area contributed by atoms with E-state index in [0.29, 0.717) is 25.7 Å². The number of sulfonamides is 1. The van der Waals surface area contributed by atoms with Crippen LogP contribution in [-0.2, 0) is 14.8 Å². The number of halogens is 1. The van der Waals surface area contributed by atoms with Gasteiger partial charge in [-0.15, -0.1) is 24.0 Å². The average Bonchev–Trinajstić information content (AvgIpc) is 2.48. The van der Waals surface area contributed by atoms with Crippen LogP contribution in [0.2, 0.25) is 0 Å². The molecule has 23 heavy (non-hydrogen) atoms. The summed E-state index contributed by atoms with van der Waals surface area (Å²) in [5.74, 6) is 2.42. The van der Waals surface area contributed by atoms with Crippen molar-refractivity contribution < 1.29 is 13.2 Å². The van der Waals surface area contributed by atoms with Crippen LogP contribution in [0.1, 0.15) is 13.8 Å². The lowest BCUT2D eigenvalue weighted by Gasteiger charge is -2.25. The van der Waals surface area contributed by atoms with E-state index in [9.17, 15) is 8.42 Å². The van der Waals surface area contributed by atoms with E-state index in [1.165, 1.54) is 0 Å². The first kappa shape index (κ1) is 23.2. The molecule has 1 atom stereocenters. The van der Waals surface area contributed by atoms with Crippen LogP contribution in [0.5, 0.6) is 0 Å². The molecule has 1 saturated heterocycles. The zero-order chi connectivity index (χ0) is 16.4. The molecule has 0 bridgehead atoms. The van der Waals surface area contributed by atoms with E-state index in [1.807, 2.05) is 13.8 Å². The molecule has 1 unspecified atom stereocenters. The van der Waals surface area contributed by atoms with E-state index in [-0.39, 0.29) is 42.3 Å². The van der Waals surface area contributed by atoms with Crippen LogP contribution in [0.3, 0.4) is 0 Å². The smallest absolute Gasteiger partial charge is 0.215 e. The van der Waals surface area contributed by atoms with Gasteiger partial charge in [-0.1, -0.05) is 0 Å². The van der Waals surface area contributed by atoms with Crippen LogP contribution < -0.4 is 10.6 Å². The fraction of sp³-hybridized carbons (Fsp3) is 0.923. The van der Waals surface area contributed by atoms with Gasteiger partial charge in [0.05, 0.1) is 18.9 Å². The van der Waals surface area contributed by atoms with Gasteiger partial charge in [-0.2, -0.15) is 11.8 Å². The Morgan fingerprint density at radius 3 is 2.61 bits per heavy atom. The van der Waals surface area contributed by atoms with Crippen LogP contribution >= 0.6 is 35.7 Å². The largest absolute Gasteiger partial charge is 0.383 e. The van der Waals surface area contributed by atoms with Gasteiger partial charge in [0.15, 0.2) is 5.96 Å². The standard InChI is InChI=1S/C13H28N4O3S2.HI/c1-4-14-13(16-12(2)11-20-3)15-5-10-22(18,19)17-6-8-21-9-7-17;/h12H,4-11H2,1-3H3,(H2,14,15,16);1H. The SMILES string of the molecule is CCNC(=NCCS(=O)(=O)N1CCSCC1)NC(C)COC.I. The van der Waals surface area contributed by atoms with Crippen molar-refractivity contribution in [2.24, 2.45) is 4.99 Å². The summed E-state index contributed by atoms with van der Waals surface area (Å²) in [6.45, 7) is 6.72. The molecule has 0 aromatic heterocycles. The molecule has 0 aliphatic carbocycles. The summed E-state index contributed by atoms with van der Waals surface area (Å²) in [5.41, 5.74) is 0. The molecule has 0 spiro atoms. The Bertz CT molecular complexity index is 443. The number of nitrogens with one attached hydrogen (secondary N) is 2. The van der Waals surface area contributed by atoms with Gasteiger partial charge in [0.25, 0.3) is 0 Å². The molecular weight excluding hydrogens is 451 g/mol. The summed E-state index contributed by atoms with van der Waals surface area (Å²) in [5, 5.41) is 6.30. The van der Waals surface area contributed by atoms with Gasteiger partial charge in [-0.3, -0.25) is 4.99 Å². The Balaban J connectivity index is 0.00000484. The van der Waals surface area contributed by atoms with Gasteiger partial charge in [-0.05, 0) is 13.8 Å². The molecule has 0 amide bonds. The van der Waals surface area contributed by atoms with Crippen LogP contribution in [0, 0.1) is 0 Å². The van der Waals surface area contributed by atoms with Gasteiger partial charge in [-0.25, -0.2) is 12.7 Å². The molecule has 2 N–H and O–H groups in total. The summed E-state index contributed by atoms with van der Waals surface area (Å²) in [6, 6.07) is 0.110. The second kappa shape index (κ2) is 12.6. The summed E-state index contributed by atoms with van der Waals surface area (Å²) in [4.78, 5) is 4.34. The van der Waals surface area contributed by atoms with Crippen LogP contribution in [0.25, 0.3) is 0 Å². The molecule has 0 aromatic rings. The third kappa shape index (κ3) is 9.32. The van der Waals surface area contributed by atoms with E-state index < -0.39 is 10.0 Å². The lowest BCUT2D eigenvalue weighted by atomic mass is 10.4. The number of hydrogen-bond donors (Lipinski definition) is 2. The molecule has 0 radical (unpaired) electrons. The highest BCUT2D eigenvalue weighted by Crippen LogP contribution is 2.13. The molecule has 1 heterocycles. The first-order chi connectivity index (χ1) is 10.5. The lowest BCUT2D eigenvalue weighted by Crippen LogP contribution is -2.44. The first-order valence-electron chi connectivity index (χ1n) is 7.59. The topological polar surface area (TPSA) is 83.0 Å². The summed E-state index contributed by atoms with van der Waals surface area (Å²) in [7, 11) is -1.56. The number of hydrogen-bond acceptors (Lipinski definition) is 5. The quantitative estimate of drug-likeness (QED) is 0.301. The maximum absolute atomic E-state index is 12.2. The van der Waals surface area contributed by atoms with Gasteiger partial charge in [0.1, 0.15) is 0 Å². The van der Waals surface area contributed by atoms with Crippen LogP contribution in [-0.4, -0.2) is 81.9 Å². The molecule has 1 fully saturated rings. The summed E-state index contributed by atoms with van der Waals surface area (Å²) >= 11 is 1.80. The predicted molar refractivity (Wildman–Crippen MR) is 109 cm³/mol. The van der Waals surface area contributed by atoms with Crippen LogP contribution in [0.15, 0.2) is 4.99 Å². The average molecular weight is 480 g/mol. The highest BCUT2D eigenvalue weighted by molar-refractivity contribution is 14.0. The van der Waals surface area contributed by atoms with E-state index in [2.05, 4.69) is 15.6 Å². The molecule has 0 saturated carbocycles. The van der Waals surface area contributed by atoms with E-state index >= 15 is 0 Å². The Kier molecular flexibility index (Phi) is 12.7. The van der Waals surface area contributed by atoms with Gasteiger partial charge < -0.3 is 15.4 Å². The number of guanidine groups is 1. The monoisotopic (exact) mass is 480 g/mol. The highest BCUT2D eigenvalue weighted by Gasteiger charge is 2.23. The van der Waals surface area contributed by atoms with E-state index in [0.717, 1.165) is 18.1 Å². The fourth-order valence-corrected chi connectivity index (χ4v) is 4.53. The molecular formula is C13H29IN4O3S2. The van der Waals surface area contributed by atoms with Crippen molar-refractivity contribution in [1.82, 2.24) is 14.9 Å². The maximum atomic E-state index is 12.2. The van der Waals surface area contributed by atoms with Crippen molar-refractivity contribution in [3.8, 4) is 0 Å². The fourth-order valence-electron chi connectivity index (χ4n) is 2.07. The van der Waals surface area contributed by atoms with Crippen molar-refractivity contribution in [2.75, 3.05) is 57.2 Å². The Hall–Kier alpha value is 0.220. The number of thioether (sulfide) groups is 1. The lowest BCUT2D eigenvalue weighted by molar-refractivity contribution is 0.179. The second-order valence-electron chi connectivity index (χ2n) is 5.09. The zero-order valence-electron chi connectivity index (χ0n) is 14.1. The molecule has 1 aliphatic heterocycles. The zero-order valence-corrected chi connectivity index (χ0v) is 18.0. The highest BCUT2D eigenvalue weighted by atomic mass is 127. The number of aliphatic imine (C=N–C) groups is 1. The van der Waals surface area contributed by atoms with Crippen molar-refractivity contribution in [3.63, 3.8) is 0 Å². The second-order valence-corrected chi connectivity index (χ2v) is 8.40. The minimum Gasteiger partial charge on any atom is -0.383 e. The number of methoxy groups -OCH3 is 1. The van der Waals surface area contributed by atoms with Crippen molar-refractivity contribution in [3.05, 3.63) is 0 Å². The molecule has 0 aromatic carbocycles. The van der Waals surface area contributed by atoms with Crippen LogP contribution in [0.4, 0.5) is 0 Å². The Morgan fingerprint density at radius 2 is 2.04 bits per heavy atom. The minimum absolute atomic E-state index is 0. The van der Waals surface area contributed by atoms with Crippen molar-refractivity contribution in [2.45, 2.75) is 19.9 Å². The molecule has 1 rings (SSSR count). The van der Waals surface area contributed by atoms with Gasteiger partial charge >= 0.3 is 0 Å². The van der Waals surface area contributed by atoms with Crippen molar-refractivity contribution in [1.29, 1.82) is 0 Å². The Morgan fingerprint density at radius 1 is 1.39 bits per heavy atom.